The molecule has 0 amide bonds. The van der Waals surface area contributed by atoms with Gasteiger partial charge in [0, 0.05) is 43.7 Å². The largest absolute Gasteiger partial charge is 0.456 e. The molecule has 3 nitrogen and oxygen atoms in total. The number of fused-ring (bicyclic) bond motifs is 9. The number of benzene rings is 8. The maximum atomic E-state index is 6.23. The molecule has 0 aliphatic carbocycles. The van der Waals surface area contributed by atoms with Gasteiger partial charge in [-0.2, -0.15) is 0 Å². The first-order valence-electron chi connectivity index (χ1n) is 17.4. The highest BCUT2D eigenvalue weighted by Crippen LogP contribution is 2.45. The van der Waals surface area contributed by atoms with Crippen molar-refractivity contribution < 1.29 is 4.42 Å². The van der Waals surface area contributed by atoms with Crippen LogP contribution >= 0.6 is 0 Å². The lowest BCUT2D eigenvalue weighted by Gasteiger charge is -2.15. The monoisotopic (exact) mass is 650 g/mol. The van der Waals surface area contributed by atoms with Gasteiger partial charge in [0.2, 0.25) is 0 Å². The highest BCUT2D eigenvalue weighted by molar-refractivity contribution is 6.20. The van der Waals surface area contributed by atoms with Crippen molar-refractivity contribution in [1.82, 2.24) is 9.13 Å². The van der Waals surface area contributed by atoms with Gasteiger partial charge in [0.25, 0.3) is 0 Å². The van der Waals surface area contributed by atoms with Crippen LogP contribution in [0.15, 0.2) is 186 Å². The van der Waals surface area contributed by atoms with E-state index in [0.29, 0.717) is 0 Å². The summed E-state index contributed by atoms with van der Waals surface area (Å²) in [6, 6.07) is 65.6. The van der Waals surface area contributed by atoms with Crippen LogP contribution in [0.4, 0.5) is 0 Å². The second-order valence-electron chi connectivity index (χ2n) is 13.3. The molecule has 3 aromatic heterocycles. The standard InChI is InChI=1S/C48H30N2O/c1-3-13-31(14-4-1)35-26-27-43-48(39-19-8-11-21-42(39)50(43)34-24-28-46-40(30-34)38-18-9-12-22-45(38)51-46)47(35)32-23-25-37-36-17-7-10-20-41(36)49(44(37)29-32)33-15-5-2-6-16-33/h1-30H. The van der Waals surface area contributed by atoms with Crippen LogP contribution in [0, 0.1) is 0 Å². The third kappa shape index (κ3) is 4.12. The topological polar surface area (TPSA) is 23.0 Å². The van der Waals surface area contributed by atoms with Crippen LogP contribution in [0.1, 0.15) is 0 Å². The number of para-hydroxylation sites is 4. The fraction of sp³-hybridized carbons (Fsp3) is 0. The van der Waals surface area contributed by atoms with Crippen molar-refractivity contribution in [3.05, 3.63) is 182 Å². The summed E-state index contributed by atoms with van der Waals surface area (Å²) < 4.78 is 11.1. The van der Waals surface area contributed by atoms with Gasteiger partial charge < -0.3 is 13.6 Å². The first kappa shape index (κ1) is 28.0. The first-order chi connectivity index (χ1) is 25.3. The minimum Gasteiger partial charge on any atom is -0.456 e. The zero-order valence-corrected chi connectivity index (χ0v) is 27.6. The number of aromatic nitrogens is 2. The van der Waals surface area contributed by atoms with Crippen molar-refractivity contribution in [2.75, 3.05) is 0 Å². The van der Waals surface area contributed by atoms with Crippen LogP contribution in [-0.2, 0) is 0 Å². The van der Waals surface area contributed by atoms with Crippen molar-refractivity contribution >= 4 is 65.6 Å². The van der Waals surface area contributed by atoms with E-state index in [1.807, 2.05) is 12.1 Å². The Labute approximate surface area is 293 Å². The molecule has 8 aromatic carbocycles. The molecule has 238 valence electrons. The molecule has 3 heterocycles. The fourth-order valence-corrected chi connectivity index (χ4v) is 8.33. The predicted octanol–water partition coefficient (Wildman–Crippen LogP) is 13.1. The summed E-state index contributed by atoms with van der Waals surface area (Å²) in [5.74, 6) is 0. The lowest BCUT2D eigenvalue weighted by molar-refractivity contribution is 0.669. The summed E-state index contributed by atoms with van der Waals surface area (Å²) in [5, 5.41) is 7.21. The Morgan fingerprint density at radius 3 is 1.78 bits per heavy atom. The molecule has 11 rings (SSSR count). The third-order valence-corrected chi connectivity index (χ3v) is 10.5. The van der Waals surface area contributed by atoms with Crippen molar-refractivity contribution in [3.63, 3.8) is 0 Å². The molecule has 0 saturated heterocycles. The van der Waals surface area contributed by atoms with E-state index in [-0.39, 0.29) is 0 Å². The first-order valence-corrected chi connectivity index (χ1v) is 17.4. The van der Waals surface area contributed by atoms with E-state index in [1.54, 1.807) is 0 Å². The van der Waals surface area contributed by atoms with E-state index < -0.39 is 0 Å². The zero-order chi connectivity index (χ0) is 33.5. The molecule has 0 atom stereocenters. The summed E-state index contributed by atoms with van der Waals surface area (Å²) in [4.78, 5) is 0. The smallest absolute Gasteiger partial charge is 0.135 e. The third-order valence-electron chi connectivity index (χ3n) is 10.5. The summed E-state index contributed by atoms with van der Waals surface area (Å²) in [6.07, 6.45) is 0. The van der Waals surface area contributed by atoms with Gasteiger partial charge in [0.1, 0.15) is 11.2 Å². The van der Waals surface area contributed by atoms with Gasteiger partial charge in [-0.05, 0) is 82.9 Å². The number of rotatable bonds is 4. The second-order valence-corrected chi connectivity index (χ2v) is 13.3. The Hall–Kier alpha value is -6.84. The molecular weight excluding hydrogens is 621 g/mol. The number of hydrogen-bond donors (Lipinski definition) is 0. The van der Waals surface area contributed by atoms with Gasteiger partial charge >= 0.3 is 0 Å². The van der Waals surface area contributed by atoms with Gasteiger partial charge in [-0.15, -0.1) is 0 Å². The van der Waals surface area contributed by atoms with Gasteiger partial charge in [-0.1, -0.05) is 121 Å². The normalized spacial score (nSPS) is 11.9. The minimum absolute atomic E-state index is 0.898. The van der Waals surface area contributed by atoms with E-state index >= 15 is 0 Å². The number of hydrogen-bond acceptors (Lipinski definition) is 1. The van der Waals surface area contributed by atoms with Crippen LogP contribution in [0.3, 0.4) is 0 Å². The zero-order valence-electron chi connectivity index (χ0n) is 27.6. The number of furan rings is 1. The molecule has 0 unspecified atom stereocenters. The van der Waals surface area contributed by atoms with Crippen LogP contribution < -0.4 is 0 Å². The van der Waals surface area contributed by atoms with Crippen molar-refractivity contribution in [2.45, 2.75) is 0 Å². The maximum Gasteiger partial charge on any atom is 0.135 e. The molecule has 0 saturated carbocycles. The van der Waals surface area contributed by atoms with Crippen LogP contribution in [0.2, 0.25) is 0 Å². The van der Waals surface area contributed by atoms with Crippen molar-refractivity contribution in [1.29, 1.82) is 0 Å². The van der Waals surface area contributed by atoms with Crippen molar-refractivity contribution in [2.24, 2.45) is 0 Å². The molecule has 3 heteroatoms. The van der Waals surface area contributed by atoms with E-state index in [2.05, 4.69) is 179 Å². The Balaban J connectivity index is 1.26. The van der Waals surface area contributed by atoms with Gasteiger partial charge in [0.05, 0.1) is 22.1 Å². The average Bonchev–Trinajstić information content (AvgIpc) is 3.85. The molecule has 0 fully saturated rings. The average molecular weight is 651 g/mol. The van der Waals surface area contributed by atoms with E-state index in [1.165, 1.54) is 65.9 Å². The molecule has 0 aliphatic heterocycles. The van der Waals surface area contributed by atoms with Crippen LogP contribution in [0.25, 0.3) is 99.2 Å². The lowest BCUT2D eigenvalue weighted by atomic mass is 9.90. The van der Waals surface area contributed by atoms with Gasteiger partial charge in [0.15, 0.2) is 0 Å². The fourth-order valence-electron chi connectivity index (χ4n) is 8.33. The quantitative estimate of drug-likeness (QED) is 0.186. The van der Waals surface area contributed by atoms with Crippen LogP contribution in [-0.4, -0.2) is 9.13 Å². The maximum absolute atomic E-state index is 6.23. The van der Waals surface area contributed by atoms with Gasteiger partial charge in [-0.3, -0.25) is 0 Å². The van der Waals surface area contributed by atoms with E-state index in [9.17, 15) is 0 Å². The summed E-state index contributed by atoms with van der Waals surface area (Å²) >= 11 is 0. The molecule has 0 N–H and O–H groups in total. The second kappa shape index (κ2) is 10.8. The summed E-state index contributed by atoms with van der Waals surface area (Å²) in [6.45, 7) is 0. The molecule has 0 aliphatic rings. The molecule has 11 aromatic rings. The Bertz CT molecular complexity index is 3130. The Kier molecular flexibility index (Phi) is 5.96. The Morgan fingerprint density at radius 1 is 0.333 bits per heavy atom. The van der Waals surface area contributed by atoms with Crippen molar-refractivity contribution in [3.8, 4) is 33.6 Å². The van der Waals surface area contributed by atoms with Gasteiger partial charge in [-0.25, -0.2) is 0 Å². The highest BCUT2D eigenvalue weighted by atomic mass is 16.3. The van der Waals surface area contributed by atoms with Crippen LogP contribution in [0.5, 0.6) is 0 Å². The molecular formula is C48H30N2O. The molecule has 51 heavy (non-hydrogen) atoms. The molecule has 0 bridgehead atoms. The molecule has 0 spiro atoms. The minimum atomic E-state index is 0.898. The highest BCUT2D eigenvalue weighted by Gasteiger charge is 2.22. The Morgan fingerprint density at radius 2 is 0.961 bits per heavy atom. The lowest BCUT2D eigenvalue weighted by Crippen LogP contribution is -1.95. The number of nitrogens with zero attached hydrogens (tertiary/aromatic N) is 2. The summed E-state index contributed by atoms with van der Waals surface area (Å²) in [5.41, 5.74) is 13.6. The summed E-state index contributed by atoms with van der Waals surface area (Å²) in [7, 11) is 0. The van der Waals surface area contributed by atoms with E-state index in [4.69, 9.17) is 4.42 Å². The SMILES string of the molecule is c1ccc(-c2ccc3c(c2-c2ccc4c5ccccc5n(-c5ccccc5)c4c2)c2ccccc2n3-c2ccc3oc4ccccc4c3c2)cc1. The molecule has 0 radical (unpaired) electrons. The predicted molar refractivity (Wildman–Crippen MR) is 213 cm³/mol. The van der Waals surface area contributed by atoms with E-state index in [0.717, 1.165) is 33.3 Å².